The number of rotatable bonds is 7. The van der Waals surface area contributed by atoms with Crippen molar-refractivity contribution in [1.82, 2.24) is 15.1 Å². The lowest BCUT2D eigenvalue weighted by atomic mass is 10.0. The highest BCUT2D eigenvalue weighted by atomic mass is 16.4. The molecule has 0 aromatic rings. The molecule has 6 nitrogen and oxygen atoms in total. The van der Waals surface area contributed by atoms with Crippen LogP contribution in [0.1, 0.15) is 26.2 Å². The highest BCUT2D eigenvalue weighted by Crippen LogP contribution is 2.15. The molecular weight excluding hydrogens is 258 g/mol. The van der Waals surface area contributed by atoms with Crippen molar-refractivity contribution in [3.63, 3.8) is 0 Å². The molecule has 2 unspecified atom stereocenters. The second kappa shape index (κ2) is 8.09. The number of carbonyl (C=O) groups excluding carboxylic acids is 1. The molecule has 2 N–H and O–H groups in total. The number of aliphatic carboxylic acids is 1. The first-order valence-corrected chi connectivity index (χ1v) is 7.31. The fourth-order valence-electron chi connectivity index (χ4n) is 2.62. The Morgan fingerprint density at radius 1 is 1.50 bits per heavy atom. The Balaban J connectivity index is 2.28. The molecule has 116 valence electrons. The number of carboxylic acids is 1. The molecule has 0 aromatic carbocycles. The molecule has 0 aliphatic carbocycles. The monoisotopic (exact) mass is 285 g/mol. The number of amides is 2. The highest BCUT2D eigenvalue weighted by molar-refractivity contribution is 5.74. The van der Waals surface area contributed by atoms with Crippen LogP contribution >= 0.6 is 0 Å². The minimum Gasteiger partial charge on any atom is -0.481 e. The van der Waals surface area contributed by atoms with E-state index in [0.717, 1.165) is 32.5 Å². The lowest BCUT2D eigenvalue weighted by molar-refractivity contribution is -0.138. The molecule has 1 saturated heterocycles. The number of likely N-dealkylation sites (tertiary alicyclic amines) is 1. The third-order valence-corrected chi connectivity index (χ3v) is 3.95. The van der Waals surface area contributed by atoms with Crippen LogP contribution < -0.4 is 5.32 Å². The van der Waals surface area contributed by atoms with E-state index in [1.54, 1.807) is 11.9 Å². The molecule has 1 heterocycles. The maximum Gasteiger partial charge on any atom is 0.317 e. The van der Waals surface area contributed by atoms with E-state index < -0.39 is 5.97 Å². The van der Waals surface area contributed by atoms with E-state index in [-0.39, 0.29) is 18.4 Å². The van der Waals surface area contributed by atoms with Gasteiger partial charge in [0.1, 0.15) is 0 Å². The molecule has 0 radical (unpaired) electrons. The van der Waals surface area contributed by atoms with Gasteiger partial charge in [-0.05, 0) is 31.8 Å². The summed E-state index contributed by atoms with van der Waals surface area (Å²) in [7, 11) is 3.89. The summed E-state index contributed by atoms with van der Waals surface area (Å²) in [6, 6.07) is -0.108. The zero-order chi connectivity index (χ0) is 15.1. The average Bonchev–Trinajstić information content (AvgIpc) is 2.78. The third kappa shape index (κ3) is 5.77. The van der Waals surface area contributed by atoms with Gasteiger partial charge in [-0.1, -0.05) is 13.3 Å². The predicted molar refractivity (Wildman–Crippen MR) is 77.7 cm³/mol. The molecule has 1 aliphatic rings. The van der Waals surface area contributed by atoms with E-state index in [0.29, 0.717) is 12.5 Å². The van der Waals surface area contributed by atoms with Gasteiger partial charge in [0.15, 0.2) is 0 Å². The Labute approximate surface area is 121 Å². The summed E-state index contributed by atoms with van der Waals surface area (Å²) in [5.74, 6) is -0.271. The molecular formula is C14H27N3O3. The number of hydrogen-bond donors (Lipinski definition) is 2. The maximum absolute atomic E-state index is 12.0. The Morgan fingerprint density at radius 2 is 2.20 bits per heavy atom. The van der Waals surface area contributed by atoms with E-state index >= 15 is 0 Å². The molecule has 20 heavy (non-hydrogen) atoms. The summed E-state index contributed by atoms with van der Waals surface area (Å²) in [6.07, 6.45) is 1.99. The standard InChI is InChI=1S/C14H27N3O3/c1-4-11(7-13(18)19)8-15-14(20)17(3)10-12-5-6-16(2)9-12/h11-12H,4-10H2,1-3H3,(H,15,20)(H,18,19). The Morgan fingerprint density at radius 3 is 2.70 bits per heavy atom. The lowest BCUT2D eigenvalue weighted by Gasteiger charge is -2.23. The van der Waals surface area contributed by atoms with Crippen molar-refractivity contribution < 1.29 is 14.7 Å². The van der Waals surface area contributed by atoms with Gasteiger partial charge in [-0.2, -0.15) is 0 Å². The van der Waals surface area contributed by atoms with Crippen molar-refractivity contribution in [3.05, 3.63) is 0 Å². The van der Waals surface area contributed by atoms with E-state index in [9.17, 15) is 9.59 Å². The van der Waals surface area contributed by atoms with Gasteiger partial charge in [-0.15, -0.1) is 0 Å². The Kier molecular flexibility index (Phi) is 6.78. The van der Waals surface area contributed by atoms with Crippen LogP contribution in [0.25, 0.3) is 0 Å². The van der Waals surface area contributed by atoms with Crippen molar-refractivity contribution >= 4 is 12.0 Å². The van der Waals surface area contributed by atoms with Crippen molar-refractivity contribution in [2.24, 2.45) is 11.8 Å². The van der Waals surface area contributed by atoms with Crippen LogP contribution in [0, 0.1) is 11.8 Å². The zero-order valence-electron chi connectivity index (χ0n) is 12.8. The fourth-order valence-corrected chi connectivity index (χ4v) is 2.62. The first-order chi connectivity index (χ1) is 9.42. The molecule has 2 amide bonds. The summed E-state index contributed by atoms with van der Waals surface area (Å²) in [5, 5.41) is 11.6. The second-order valence-corrected chi connectivity index (χ2v) is 5.86. The second-order valence-electron chi connectivity index (χ2n) is 5.86. The van der Waals surface area contributed by atoms with Crippen LogP contribution in [0.15, 0.2) is 0 Å². The molecule has 0 aromatic heterocycles. The molecule has 0 bridgehead atoms. The normalized spacial score (nSPS) is 20.6. The first-order valence-electron chi connectivity index (χ1n) is 7.31. The van der Waals surface area contributed by atoms with Crippen LogP contribution in [-0.4, -0.2) is 67.2 Å². The molecule has 1 fully saturated rings. The summed E-state index contributed by atoms with van der Waals surface area (Å²) in [6.45, 7) is 5.26. The maximum atomic E-state index is 12.0. The Hall–Kier alpha value is -1.30. The number of nitrogens with one attached hydrogen (secondary N) is 1. The summed E-state index contributed by atoms with van der Waals surface area (Å²) < 4.78 is 0. The van der Waals surface area contributed by atoms with Gasteiger partial charge in [0.25, 0.3) is 0 Å². The number of carbonyl (C=O) groups is 2. The van der Waals surface area contributed by atoms with Crippen LogP contribution in [0.4, 0.5) is 4.79 Å². The van der Waals surface area contributed by atoms with E-state index in [2.05, 4.69) is 17.3 Å². The number of urea groups is 1. The van der Waals surface area contributed by atoms with Gasteiger partial charge in [0.2, 0.25) is 0 Å². The zero-order valence-corrected chi connectivity index (χ0v) is 12.8. The number of nitrogens with zero attached hydrogens (tertiary/aromatic N) is 2. The first kappa shape index (κ1) is 16.8. The average molecular weight is 285 g/mol. The smallest absolute Gasteiger partial charge is 0.317 e. The summed E-state index contributed by atoms with van der Waals surface area (Å²) >= 11 is 0. The van der Waals surface area contributed by atoms with Gasteiger partial charge < -0.3 is 20.2 Å². The van der Waals surface area contributed by atoms with Gasteiger partial charge in [-0.3, -0.25) is 4.79 Å². The van der Waals surface area contributed by atoms with Crippen molar-refractivity contribution in [2.75, 3.05) is 40.3 Å². The molecule has 1 aliphatic heterocycles. The van der Waals surface area contributed by atoms with Crippen molar-refractivity contribution in [2.45, 2.75) is 26.2 Å². The van der Waals surface area contributed by atoms with E-state index in [1.165, 1.54) is 0 Å². The highest BCUT2D eigenvalue weighted by Gasteiger charge is 2.22. The SMILES string of the molecule is CCC(CNC(=O)N(C)CC1CCN(C)C1)CC(=O)O. The topological polar surface area (TPSA) is 72.9 Å². The molecule has 2 atom stereocenters. The Bertz CT molecular complexity index is 336. The molecule has 0 saturated carbocycles. The van der Waals surface area contributed by atoms with Crippen molar-refractivity contribution in [3.8, 4) is 0 Å². The quantitative estimate of drug-likeness (QED) is 0.734. The summed E-state index contributed by atoms with van der Waals surface area (Å²) in [4.78, 5) is 26.6. The van der Waals surface area contributed by atoms with Crippen LogP contribution in [-0.2, 0) is 4.79 Å². The van der Waals surface area contributed by atoms with Gasteiger partial charge >= 0.3 is 12.0 Å². The summed E-state index contributed by atoms with van der Waals surface area (Å²) in [5.41, 5.74) is 0. The van der Waals surface area contributed by atoms with Crippen LogP contribution in [0.5, 0.6) is 0 Å². The fraction of sp³-hybridized carbons (Fsp3) is 0.857. The van der Waals surface area contributed by atoms with E-state index in [4.69, 9.17) is 5.11 Å². The lowest BCUT2D eigenvalue weighted by Crippen LogP contribution is -2.42. The molecule has 1 rings (SSSR count). The molecule has 6 heteroatoms. The van der Waals surface area contributed by atoms with Gasteiger partial charge in [0, 0.05) is 33.1 Å². The van der Waals surface area contributed by atoms with Gasteiger partial charge in [0.05, 0.1) is 0 Å². The molecule has 0 spiro atoms. The van der Waals surface area contributed by atoms with E-state index in [1.807, 2.05) is 6.92 Å². The van der Waals surface area contributed by atoms with Crippen LogP contribution in [0.2, 0.25) is 0 Å². The third-order valence-electron chi connectivity index (χ3n) is 3.95. The predicted octanol–water partition coefficient (Wildman–Crippen LogP) is 1.08. The largest absolute Gasteiger partial charge is 0.481 e. The van der Waals surface area contributed by atoms with Gasteiger partial charge in [-0.25, -0.2) is 4.79 Å². The number of hydrogen-bond acceptors (Lipinski definition) is 3. The minimum absolute atomic E-state index is 0.00228. The van der Waals surface area contributed by atoms with Crippen molar-refractivity contribution in [1.29, 1.82) is 0 Å². The minimum atomic E-state index is -0.812. The van der Waals surface area contributed by atoms with Crippen LogP contribution in [0.3, 0.4) is 0 Å². The number of carboxylic acid groups (broad SMARTS) is 1.